The van der Waals surface area contributed by atoms with Crippen molar-refractivity contribution in [3.8, 4) is 11.3 Å². The summed E-state index contributed by atoms with van der Waals surface area (Å²) in [6, 6.07) is 13.2. The second-order valence-electron chi connectivity index (χ2n) is 6.32. The second-order valence-corrected chi connectivity index (χ2v) is 8.97. The molecule has 0 unspecified atom stereocenters. The normalized spacial score (nSPS) is 9.91. The predicted octanol–water partition coefficient (Wildman–Crippen LogP) is 6.04. The average Bonchev–Trinajstić information content (AvgIpc) is 2.77. The molecule has 0 spiro atoms. The zero-order chi connectivity index (χ0) is 25.3. The molecule has 0 aliphatic carbocycles. The first-order chi connectivity index (χ1) is 16.1. The number of hydrogen-bond donors (Lipinski definition) is 2. The Hall–Kier alpha value is -2.12. The SMILES string of the molecule is Brc1ccc(Br)nc1.Fc1ccc(-c2ccc(Br)cn2)c(F)c1.OB(O)c1ccc(F)cc1F. The molecule has 2 aromatic carbocycles. The summed E-state index contributed by atoms with van der Waals surface area (Å²) < 4.78 is 53.4. The zero-order valence-corrected chi connectivity index (χ0v) is 21.7. The Morgan fingerprint density at radius 2 is 1.21 bits per heavy atom. The van der Waals surface area contributed by atoms with Crippen LogP contribution in [0.2, 0.25) is 0 Å². The molecule has 0 atom stereocenters. The molecule has 12 heteroatoms. The first kappa shape index (κ1) is 28.1. The summed E-state index contributed by atoms with van der Waals surface area (Å²) in [5.41, 5.74) is 0.450. The van der Waals surface area contributed by atoms with Crippen LogP contribution in [0.25, 0.3) is 11.3 Å². The molecule has 0 bridgehead atoms. The van der Waals surface area contributed by atoms with E-state index in [-0.39, 0.29) is 5.46 Å². The molecule has 0 aliphatic heterocycles. The molecular weight excluding hydrogens is 651 g/mol. The second kappa shape index (κ2) is 13.7. The van der Waals surface area contributed by atoms with Gasteiger partial charge in [0.05, 0.1) is 5.69 Å². The smallest absolute Gasteiger partial charge is 0.423 e. The average molecular weight is 665 g/mol. The Bertz CT molecular complexity index is 1200. The molecule has 4 aromatic rings. The Morgan fingerprint density at radius 3 is 1.65 bits per heavy atom. The zero-order valence-electron chi connectivity index (χ0n) is 16.9. The van der Waals surface area contributed by atoms with E-state index in [1.165, 1.54) is 12.1 Å². The van der Waals surface area contributed by atoms with Gasteiger partial charge in [0.2, 0.25) is 0 Å². The fourth-order valence-corrected chi connectivity index (χ4v) is 3.00. The first-order valence-electron chi connectivity index (χ1n) is 9.22. The van der Waals surface area contributed by atoms with E-state index in [4.69, 9.17) is 10.0 Å². The third-order valence-corrected chi connectivity index (χ3v) is 5.27. The third kappa shape index (κ3) is 9.26. The highest BCUT2D eigenvalue weighted by Gasteiger charge is 2.16. The van der Waals surface area contributed by atoms with Crippen molar-refractivity contribution < 1.29 is 27.6 Å². The number of nitrogens with zero attached hydrogens (tertiary/aromatic N) is 2. The van der Waals surface area contributed by atoms with Gasteiger partial charge in [-0.05, 0) is 90.3 Å². The van der Waals surface area contributed by atoms with Gasteiger partial charge < -0.3 is 10.0 Å². The van der Waals surface area contributed by atoms with Gasteiger partial charge >= 0.3 is 7.12 Å². The molecule has 0 aliphatic rings. The minimum atomic E-state index is -1.89. The molecule has 4 nitrogen and oxygen atoms in total. The minimum absolute atomic E-state index is 0.295. The summed E-state index contributed by atoms with van der Waals surface area (Å²) in [6.45, 7) is 0. The van der Waals surface area contributed by atoms with E-state index in [9.17, 15) is 17.6 Å². The van der Waals surface area contributed by atoms with Crippen LogP contribution in [0.3, 0.4) is 0 Å². The van der Waals surface area contributed by atoms with Crippen LogP contribution >= 0.6 is 47.8 Å². The van der Waals surface area contributed by atoms with Crippen LogP contribution in [0.5, 0.6) is 0 Å². The van der Waals surface area contributed by atoms with Crippen molar-refractivity contribution in [2.45, 2.75) is 0 Å². The molecule has 0 fully saturated rings. The Kier molecular flexibility index (Phi) is 11.3. The van der Waals surface area contributed by atoms with Crippen LogP contribution < -0.4 is 5.46 Å². The molecular formula is C22H14BBr3F4N2O2. The summed E-state index contributed by atoms with van der Waals surface area (Å²) in [4.78, 5) is 7.98. The number of aromatic nitrogens is 2. The number of rotatable bonds is 2. The van der Waals surface area contributed by atoms with E-state index in [1.807, 2.05) is 12.1 Å². The maximum atomic E-state index is 13.3. The number of pyridine rings is 2. The number of hydrogen-bond acceptors (Lipinski definition) is 4. The summed E-state index contributed by atoms with van der Waals surface area (Å²) in [6.07, 6.45) is 3.31. The van der Waals surface area contributed by atoms with Gasteiger partial charge in [0.1, 0.15) is 27.9 Å². The van der Waals surface area contributed by atoms with Crippen LogP contribution in [0, 0.1) is 23.3 Å². The van der Waals surface area contributed by atoms with E-state index in [1.54, 1.807) is 24.5 Å². The van der Waals surface area contributed by atoms with E-state index in [2.05, 4.69) is 57.8 Å². The Morgan fingerprint density at radius 1 is 0.647 bits per heavy atom. The number of halogens is 7. The standard InChI is InChI=1S/C11H6BrF2N.C6H5BF2O2.C5H3Br2N/c12-7-1-4-11(15-6-7)9-3-2-8(13)5-10(9)14;8-4-1-2-5(7(10)11)6(9)3-4;6-4-1-2-5(7)8-3-4/h1-6H;1-3,10-11H;1-3H. The molecule has 0 saturated carbocycles. The number of benzene rings is 2. The summed E-state index contributed by atoms with van der Waals surface area (Å²) in [5.74, 6) is -2.90. The van der Waals surface area contributed by atoms with Crippen molar-refractivity contribution in [3.63, 3.8) is 0 Å². The molecule has 34 heavy (non-hydrogen) atoms. The van der Waals surface area contributed by atoms with Crippen LogP contribution in [-0.4, -0.2) is 27.1 Å². The van der Waals surface area contributed by atoms with Crippen LogP contribution in [-0.2, 0) is 0 Å². The van der Waals surface area contributed by atoms with Gasteiger partial charge in [0, 0.05) is 44.5 Å². The lowest BCUT2D eigenvalue weighted by Crippen LogP contribution is -2.32. The minimum Gasteiger partial charge on any atom is -0.423 e. The van der Waals surface area contributed by atoms with Crippen molar-refractivity contribution in [2.75, 3.05) is 0 Å². The van der Waals surface area contributed by atoms with E-state index < -0.39 is 30.4 Å². The molecule has 2 N–H and O–H groups in total. The monoisotopic (exact) mass is 662 g/mol. The summed E-state index contributed by atoms with van der Waals surface area (Å²) in [5, 5.41) is 17.0. The third-order valence-electron chi connectivity index (χ3n) is 3.87. The van der Waals surface area contributed by atoms with Gasteiger partial charge in [-0.3, -0.25) is 4.98 Å². The lowest BCUT2D eigenvalue weighted by molar-refractivity contribution is 0.422. The van der Waals surface area contributed by atoms with E-state index in [0.717, 1.165) is 31.7 Å². The highest BCUT2D eigenvalue weighted by molar-refractivity contribution is 9.11. The molecule has 0 amide bonds. The van der Waals surface area contributed by atoms with Crippen molar-refractivity contribution >= 4 is 60.4 Å². The lowest BCUT2D eigenvalue weighted by Gasteiger charge is -2.02. The van der Waals surface area contributed by atoms with Gasteiger partial charge in [-0.25, -0.2) is 22.5 Å². The van der Waals surface area contributed by atoms with Crippen molar-refractivity contribution in [1.82, 2.24) is 9.97 Å². The van der Waals surface area contributed by atoms with Gasteiger partial charge in [0.25, 0.3) is 0 Å². The topological polar surface area (TPSA) is 66.2 Å². The van der Waals surface area contributed by atoms with Gasteiger partial charge in [0.15, 0.2) is 0 Å². The largest absolute Gasteiger partial charge is 0.491 e. The highest BCUT2D eigenvalue weighted by atomic mass is 79.9. The molecule has 2 aromatic heterocycles. The van der Waals surface area contributed by atoms with Crippen LogP contribution in [0.1, 0.15) is 0 Å². The molecule has 0 saturated heterocycles. The van der Waals surface area contributed by atoms with E-state index >= 15 is 0 Å². The fourth-order valence-electron chi connectivity index (χ4n) is 2.30. The summed E-state index contributed by atoms with van der Waals surface area (Å²) in [7, 11) is -1.89. The Labute approximate surface area is 218 Å². The van der Waals surface area contributed by atoms with Crippen LogP contribution in [0.4, 0.5) is 17.6 Å². The van der Waals surface area contributed by atoms with Crippen molar-refractivity contribution in [1.29, 1.82) is 0 Å². The predicted molar refractivity (Wildman–Crippen MR) is 133 cm³/mol. The molecule has 2 heterocycles. The fraction of sp³-hybridized carbons (Fsp3) is 0. The van der Waals surface area contributed by atoms with Crippen molar-refractivity contribution in [2.24, 2.45) is 0 Å². The Balaban J connectivity index is 0.000000190. The van der Waals surface area contributed by atoms with Gasteiger partial charge in [-0.2, -0.15) is 0 Å². The maximum absolute atomic E-state index is 13.3. The summed E-state index contributed by atoms with van der Waals surface area (Å²) >= 11 is 9.71. The van der Waals surface area contributed by atoms with Gasteiger partial charge in [-0.1, -0.05) is 6.07 Å². The van der Waals surface area contributed by atoms with Crippen LogP contribution in [0.15, 0.2) is 86.6 Å². The molecule has 176 valence electrons. The first-order valence-corrected chi connectivity index (χ1v) is 11.6. The molecule has 0 radical (unpaired) electrons. The lowest BCUT2D eigenvalue weighted by atomic mass is 9.80. The molecule has 4 rings (SSSR count). The van der Waals surface area contributed by atoms with E-state index in [0.29, 0.717) is 17.3 Å². The van der Waals surface area contributed by atoms with Gasteiger partial charge in [-0.15, -0.1) is 0 Å². The quantitative estimate of drug-likeness (QED) is 0.156. The van der Waals surface area contributed by atoms with Crippen molar-refractivity contribution in [3.05, 3.63) is 110 Å². The maximum Gasteiger partial charge on any atom is 0.491 e. The highest BCUT2D eigenvalue weighted by Crippen LogP contribution is 2.22.